The standard InChI is InChI=1S/C15H23NO2/c1-10-5-6-11(2)12(7-10)13-8-14(17)15(3,18)9-16(13)4/h5-7,13-14,17-18H,8-9H2,1-4H3/t13-,14-,15-/m0/s1. The average Bonchev–Trinajstić information content (AvgIpc) is 2.27. The van der Waals surface area contributed by atoms with Gasteiger partial charge in [-0.1, -0.05) is 23.8 Å². The zero-order valence-electron chi connectivity index (χ0n) is 11.6. The average molecular weight is 249 g/mol. The first-order chi connectivity index (χ1) is 8.31. The molecule has 1 aliphatic rings. The first kappa shape index (κ1) is 13.5. The molecule has 1 fully saturated rings. The van der Waals surface area contributed by atoms with Crippen molar-refractivity contribution in [1.82, 2.24) is 4.90 Å². The second kappa shape index (κ2) is 4.65. The molecule has 0 unspecified atom stereocenters. The van der Waals surface area contributed by atoms with Gasteiger partial charge in [0.05, 0.1) is 6.10 Å². The van der Waals surface area contributed by atoms with Crippen LogP contribution in [0.1, 0.15) is 36.1 Å². The van der Waals surface area contributed by atoms with E-state index in [1.165, 1.54) is 16.7 Å². The van der Waals surface area contributed by atoms with E-state index in [0.29, 0.717) is 13.0 Å². The molecule has 3 atom stereocenters. The fourth-order valence-electron chi connectivity index (χ4n) is 2.85. The van der Waals surface area contributed by atoms with Crippen molar-refractivity contribution in [3.8, 4) is 0 Å². The first-order valence-electron chi connectivity index (χ1n) is 6.49. The molecule has 1 aliphatic heterocycles. The van der Waals surface area contributed by atoms with Crippen LogP contribution < -0.4 is 0 Å². The lowest BCUT2D eigenvalue weighted by Gasteiger charge is -2.44. The summed E-state index contributed by atoms with van der Waals surface area (Å²) in [6.07, 6.45) is -0.0908. The van der Waals surface area contributed by atoms with Gasteiger partial charge in [-0.15, -0.1) is 0 Å². The number of aliphatic hydroxyl groups is 2. The van der Waals surface area contributed by atoms with Crippen molar-refractivity contribution >= 4 is 0 Å². The van der Waals surface area contributed by atoms with Gasteiger partial charge in [0.2, 0.25) is 0 Å². The maximum absolute atomic E-state index is 10.1. The van der Waals surface area contributed by atoms with Crippen LogP contribution >= 0.6 is 0 Å². The van der Waals surface area contributed by atoms with Crippen LogP contribution in [0.3, 0.4) is 0 Å². The summed E-state index contributed by atoms with van der Waals surface area (Å²) < 4.78 is 0. The molecule has 0 spiro atoms. The molecule has 3 nitrogen and oxygen atoms in total. The van der Waals surface area contributed by atoms with Gasteiger partial charge in [-0.2, -0.15) is 0 Å². The lowest BCUT2D eigenvalue weighted by atomic mass is 9.83. The Hall–Kier alpha value is -0.900. The van der Waals surface area contributed by atoms with Crippen molar-refractivity contribution in [2.45, 2.75) is 44.9 Å². The van der Waals surface area contributed by atoms with Crippen LogP contribution in [0.2, 0.25) is 0 Å². The van der Waals surface area contributed by atoms with Gasteiger partial charge in [0.1, 0.15) is 5.60 Å². The highest BCUT2D eigenvalue weighted by molar-refractivity contribution is 5.33. The third kappa shape index (κ3) is 2.44. The number of hydrogen-bond donors (Lipinski definition) is 2. The summed E-state index contributed by atoms with van der Waals surface area (Å²) in [4.78, 5) is 2.13. The maximum atomic E-state index is 10.1. The minimum Gasteiger partial charge on any atom is -0.390 e. The van der Waals surface area contributed by atoms with Crippen molar-refractivity contribution in [3.63, 3.8) is 0 Å². The highest BCUT2D eigenvalue weighted by Gasteiger charge is 2.40. The fraction of sp³-hybridized carbons (Fsp3) is 0.600. The summed E-state index contributed by atoms with van der Waals surface area (Å²) >= 11 is 0. The molecule has 100 valence electrons. The number of aryl methyl sites for hydroxylation is 2. The number of nitrogens with zero attached hydrogens (tertiary/aromatic N) is 1. The molecule has 2 rings (SSSR count). The Morgan fingerprint density at radius 2 is 2.00 bits per heavy atom. The van der Waals surface area contributed by atoms with Gasteiger partial charge in [-0.25, -0.2) is 0 Å². The molecule has 1 saturated heterocycles. The van der Waals surface area contributed by atoms with E-state index < -0.39 is 11.7 Å². The number of piperidine rings is 1. The summed E-state index contributed by atoms with van der Waals surface area (Å²) in [5.74, 6) is 0. The van der Waals surface area contributed by atoms with Gasteiger partial charge in [0, 0.05) is 12.6 Å². The molecule has 1 aromatic carbocycles. The Labute approximate surface area is 109 Å². The normalized spacial score (nSPS) is 33.7. The largest absolute Gasteiger partial charge is 0.390 e. The quantitative estimate of drug-likeness (QED) is 0.797. The van der Waals surface area contributed by atoms with Crippen LogP contribution in [0.4, 0.5) is 0 Å². The van der Waals surface area contributed by atoms with E-state index in [9.17, 15) is 10.2 Å². The third-order valence-electron chi connectivity index (χ3n) is 4.06. The highest BCUT2D eigenvalue weighted by Crippen LogP contribution is 2.35. The molecule has 1 heterocycles. The lowest BCUT2D eigenvalue weighted by molar-refractivity contribution is -0.121. The summed E-state index contributed by atoms with van der Waals surface area (Å²) in [5, 5.41) is 20.2. The summed E-state index contributed by atoms with van der Waals surface area (Å²) in [5.41, 5.74) is 2.72. The number of hydrogen-bond acceptors (Lipinski definition) is 3. The molecule has 0 bridgehead atoms. The number of aliphatic hydroxyl groups excluding tert-OH is 1. The summed E-state index contributed by atoms with van der Waals surface area (Å²) in [7, 11) is 2.01. The Balaban J connectivity index is 2.31. The van der Waals surface area contributed by atoms with E-state index >= 15 is 0 Å². The zero-order valence-corrected chi connectivity index (χ0v) is 11.6. The van der Waals surface area contributed by atoms with Crippen molar-refractivity contribution in [1.29, 1.82) is 0 Å². The molecule has 0 radical (unpaired) electrons. The molecule has 2 N–H and O–H groups in total. The highest BCUT2D eigenvalue weighted by atomic mass is 16.3. The second-order valence-electron chi connectivity index (χ2n) is 5.90. The summed E-state index contributed by atoms with van der Waals surface area (Å²) in [6.45, 7) is 6.37. The maximum Gasteiger partial charge on any atom is 0.100 e. The molecule has 3 heteroatoms. The van der Waals surface area contributed by atoms with E-state index in [1.54, 1.807) is 6.92 Å². The Kier molecular flexibility index (Phi) is 3.49. The molecular weight excluding hydrogens is 226 g/mol. The minimum absolute atomic E-state index is 0.181. The van der Waals surface area contributed by atoms with Crippen molar-refractivity contribution < 1.29 is 10.2 Å². The first-order valence-corrected chi connectivity index (χ1v) is 6.49. The van der Waals surface area contributed by atoms with Crippen LogP contribution in [0.15, 0.2) is 18.2 Å². The third-order valence-corrected chi connectivity index (χ3v) is 4.06. The van der Waals surface area contributed by atoms with Gasteiger partial charge in [-0.3, -0.25) is 4.90 Å². The van der Waals surface area contributed by atoms with Gasteiger partial charge in [0.25, 0.3) is 0 Å². The number of benzene rings is 1. The molecule has 0 aliphatic carbocycles. The van der Waals surface area contributed by atoms with Gasteiger partial charge in [-0.05, 0) is 45.4 Å². The number of rotatable bonds is 1. The van der Waals surface area contributed by atoms with Crippen molar-refractivity contribution in [3.05, 3.63) is 34.9 Å². The molecule has 0 aromatic heterocycles. The van der Waals surface area contributed by atoms with E-state index in [2.05, 4.69) is 36.9 Å². The predicted molar refractivity (Wildman–Crippen MR) is 72.5 cm³/mol. The van der Waals surface area contributed by atoms with Crippen LogP contribution in [0.5, 0.6) is 0 Å². The van der Waals surface area contributed by atoms with E-state index in [4.69, 9.17) is 0 Å². The van der Waals surface area contributed by atoms with Gasteiger partial charge >= 0.3 is 0 Å². The molecule has 18 heavy (non-hydrogen) atoms. The topological polar surface area (TPSA) is 43.7 Å². The SMILES string of the molecule is Cc1ccc(C)c([C@@H]2C[C@H](O)[C@@](C)(O)CN2C)c1. The van der Waals surface area contributed by atoms with Gasteiger partial charge < -0.3 is 10.2 Å². The van der Waals surface area contributed by atoms with Gasteiger partial charge in [0.15, 0.2) is 0 Å². The van der Waals surface area contributed by atoms with E-state index in [-0.39, 0.29) is 6.04 Å². The van der Waals surface area contributed by atoms with Crippen LogP contribution in [-0.4, -0.2) is 40.4 Å². The Morgan fingerprint density at radius 3 is 2.67 bits per heavy atom. The fourth-order valence-corrected chi connectivity index (χ4v) is 2.85. The van der Waals surface area contributed by atoms with Crippen molar-refractivity contribution in [2.75, 3.05) is 13.6 Å². The smallest absolute Gasteiger partial charge is 0.100 e. The van der Waals surface area contributed by atoms with E-state index in [1.807, 2.05) is 7.05 Å². The van der Waals surface area contributed by atoms with Crippen LogP contribution in [-0.2, 0) is 0 Å². The molecule has 0 saturated carbocycles. The molecular formula is C15H23NO2. The lowest BCUT2D eigenvalue weighted by Crippen LogP contribution is -2.54. The van der Waals surface area contributed by atoms with Crippen LogP contribution in [0.25, 0.3) is 0 Å². The van der Waals surface area contributed by atoms with Crippen LogP contribution in [0, 0.1) is 13.8 Å². The molecule has 0 amide bonds. The number of likely N-dealkylation sites (tertiary alicyclic amines) is 1. The van der Waals surface area contributed by atoms with Crippen molar-refractivity contribution in [2.24, 2.45) is 0 Å². The monoisotopic (exact) mass is 249 g/mol. The van der Waals surface area contributed by atoms with E-state index in [0.717, 1.165) is 0 Å². The predicted octanol–water partition coefficient (Wildman–Crippen LogP) is 1.79. The zero-order chi connectivity index (χ0) is 13.5. The summed E-state index contributed by atoms with van der Waals surface area (Å²) in [6, 6.07) is 6.59. The Bertz CT molecular complexity index is 442. The Morgan fingerprint density at radius 1 is 1.33 bits per heavy atom. The minimum atomic E-state index is -1.01. The molecule has 1 aromatic rings. The number of β-amino-alcohol motifs (C(OH)–C–C–N with tert-alkyl or cyclic N) is 1. The number of likely N-dealkylation sites (N-methyl/N-ethyl adjacent to an activating group) is 1. The second-order valence-corrected chi connectivity index (χ2v) is 5.90.